The number of carbonyl (C=O) groups excluding carboxylic acids is 1. The molecule has 3 rings (SSSR count). The minimum absolute atomic E-state index is 0.0738. The number of likely N-dealkylation sites (tertiary alicyclic amines) is 1. The summed E-state index contributed by atoms with van der Waals surface area (Å²) in [5, 5.41) is 2.85. The van der Waals surface area contributed by atoms with Crippen molar-refractivity contribution < 1.29 is 9.53 Å². The van der Waals surface area contributed by atoms with E-state index in [1.165, 1.54) is 5.56 Å². The van der Waals surface area contributed by atoms with Gasteiger partial charge < -0.3 is 9.64 Å². The van der Waals surface area contributed by atoms with Gasteiger partial charge in [0.15, 0.2) is 0 Å². The molecule has 110 valence electrons. The first kappa shape index (κ1) is 14.1. The number of rotatable bonds is 4. The van der Waals surface area contributed by atoms with Crippen molar-refractivity contribution >= 4 is 17.2 Å². The second-order valence-electron chi connectivity index (χ2n) is 5.15. The number of methoxy groups -OCH3 is 1. The summed E-state index contributed by atoms with van der Waals surface area (Å²) >= 11 is 1.55. The maximum atomic E-state index is 12.2. The van der Waals surface area contributed by atoms with Gasteiger partial charge in [0.2, 0.25) is 0 Å². The van der Waals surface area contributed by atoms with E-state index >= 15 is 0 Å². The molecule has 2 heterocycles. The van der Waals surface area contributed by atoms with Gasteiger partial charge in [0, 0.05) is 24.9 Å². The Labute approximate surface area is 128 Å². The van der Waals surface area contributed by atoms with Gasteiger partial charge in [-0.2, -0.15) is 0 Å². The van der Waals surface area contributed by atoms with Crippen molar-refractivity contribution in [3.63, 3.8) is 0 Å². The minimum atomic E-state index is 0.0738. The van der Waals surface area contributed by atoms with Crippen LogP contribution in [0, 0.1) is 0 Å². The quantitative estimate of drug-likeness (QED) is 0.872. The molecule has 1 aromatic heterocycles. The van der Waals surface area contributed by atoms with E-state index in [0.29, 0.717) is 5.69 Å². The van der Waals surface area contributed by atoms with Crippen LogP contribution in [0.25, 0.3) is 0 Å². The van der Waals surface area contributed by atoms with Crippen molar-refractivity contribution in [1.29, 1.82) is 0 Å². The maximum absolute atomic E-state index is 12.2. The summed E-state index contributed by atoms with van der Waals surface area (Å²) in [6.45, 7) is 1.73. The number of amides is 1. The van der Waals surface area contributed by atoms with Gasteiger partial charge in [0.25, 0.3) is 5.91 Å². The topological polar surface area (TPSA) is 42.4 Å². The van der Waals surface area contributed by atoms with Crippen LogP contribution in [0.1, 0.15) is 33.9 Å². The Bertz CT molecular complexity index is 615. The summed E-state index contributed by atoms with van der Waals surface area (Å²) in [6, 6.07) is 7.95. The highest BCUT2D eigenvalue weighted by molar-refractivity contribution is 7.09. The average molecular weight is 302 g/mol. The number of hydrogen-bond donors (Lipinski definition) is 0. The van der Waals surface area contributed by atoms with Crippen molar-refractivity contribution in [1.82, 2.24) is 9.88 Å². The second-order valence-corrected chi connectivity index (χ2v) is 6.09. The van der Waals surface area contributed by atoms with Gasteiger partial charge in [0.05, 0.1) is 12.1 Å². The summed E-state index contributed by atoms with van der Waals surface area (Å²) < 4.78 is 5.15. The maximum Gasteiger partial charge on any atom is 0.273 e. The molecule has 5 heteroatoms. The number of thiazole rings is 1. The van der Waals surface area contributed by atoms with Gasteiger partial charge in [-0.3, -0.25) is 4.79 Å². The molecule has 4 nitrogen and oxygen atoms in total. The Hall–Kier alpha value is -1.88. The number of hydrogen-bond acceptors (Lipinski definition) is 4. The molecule has 0 radical (unpaired) electrons. The highest BCUT2D eigenvalue weighted by Gasteiger charge is 2.21. The second kappa shape index (κ2) is 6.26. The molecule has 21 heavy (non-hydrogen) atoms. The van der Waals surface area contributed by atoms with Crippen LogP contribution < -0.4 is 4.74 Å². The first-order valence-electron chi connectivity index (χ1n) is 7.13. The standard InChI is InChI=1S/C16H18N2O2S/c1-20-13-6-4-12(5-7-13)10-15-17-14(11-21-15)16(19)18-8-2-3-9-18/h4-7,11H,2-3,8-10H2,1H3. The lowest BCUT2D eigenvalue weighted by molar-refractivity contribution is 0.0787. The van der Waals surface area contributed by atoms with Gasteiger partial charge in [0.1, 0.15) is 11.4 Å². The van der Waals surface area contributed by atoms with Crippen molar-refractivity contribution in [3.05, 3.63) is 45.9 Å². The summed E-state index contributed by atoms with van der Waals surface area (Å²) in [5.41, 5.74) is 1.76. The fourth-order valence-electron chi connectivity index (χ4n) is 2.49. The van der Waals surface area contributed by atoms with Gasteiger partial charge in [-0.25, -0.2) is 4.98 Å². The van der Waals surface area contributed by atoms with Crippen LogP contribution in [0.3, 0.4) is 0 Å². The van der Waals surface area contributed by atoms with E-state index in [2.05, 4.69) is 4.98 Å². The Morgan fingerprint density at radius 2 is 2.00 bits per heavy atom. The molecular weight excluding hydrogens is 284 g/mol. The lowest BCUT2D eigenvalue weighted by atomic mass is 10.1. The number of carbonyl (C=O) groups is 1. The lowest BCUT2D eigenvalue weighted by Crippen LogP contribution is -2.27. The average Bonchev–Trinajstić information content (AvgIpc) is 3.19. The molecule has 0 spiro atoms. The predicted molar refractivity (Wildman–Crippen MR) is 83.1 cm³/mol. The third-order valence-corrected chi connectivity index (χ3v) is 4.53. The SMILES string of the molecule is COc1ccc(Cc2nc(C(=O)N3CCCC3)cs2)cc1. The molecule has 1 aliphatic heterocycles. The van der Waals surface area contributed by atoms with Crippen LogP contribution >= 0.6 is 11.3 Å². The van der Waals surface area contributed by atoms with Crippen molar-refractivity contribution in [3.8, 4) is 5.75 Å². The number of benzene rings is 1. The largest absolute Gasteiger partial charge is 0.497 e. The summed E-state index contributed by atoms with van der Waals surface area (Å²) in [5.74, 6) is 0.924. The summed E-state index contributed by atoms with van der Waals surface area (Å²) in [4.78, 5) is 18.6. The number of ether oxygens (including phenoxy) is 1. The molecule has 0 saturated carbocycles. The van der Waals surface area contributed by atoms with E-state index in [1.807, 2.05) is 34.5 Å². The van der Waals surface area contributed by atoms with Crippen LogP contribution in [0.15, 0.2) is 29.6 Å². The van der Waals surface area contributed by atoms with Gasteiger partial charge >= 0.3 is 0 Å². The molecule has 0 unspecified atom stereocenters. The Balaban J connectivity index is 1.67. The van der Waals surface area contributed by atoms with E-state index < -0.39 is 0 Å². The van der Waals surface area contributed by atoms with Crippen molar-refractivity contribution in [2.45, 2.75) is 19.3 Å². The molecule has 1 saturated heterocycles. The van der Waals surface area contributed by atoms with Crippen LogP contribution in [-0.4, -0.2) is 36.0 Å². The number of nitrogens with zero attached hydrogens (tertiary/aromatic N) is 2. The fourth-order valence-corrected chi connectivity index (χ4v) is 3.29. The van der Waals surface area contributed by atoms with Crippen LogP contribution in [-0.2, 0) is 6.42 Å². The molecule has 2 aromatic rings. The van der Waals surface area contributed by atoms with E-state index in [4.69, 9.17) is 4.74 Å². The predicted octanol–water partition coefficient (Wildman–Crippen LogP) is 2.98. The van der Waals surface area contributed by atoms with E-state index in [1.54, 1.807) is 18.4 Å². The molecular formula is C16H18N2O2S. The summed E-state index contributed by atoms with van der Waals surface area (Å²) in [6.07, 6.45) is 2.96. The molecule has 0 bridgehead atoms. The summed E-state index contributed by atoms with van der Waals surface area (Å²) in [7, 11) is 1.66. The van der Waals surface area contributed by atoms with E-state index in [0.717, 1.165) is 43.1 Å². The Morgan fingerprint density at radius 3 is 2.67 bits per heavy atom. The number of aromatic nitrogens is 1. The zero-order valence-electron chi connectivity index (χ0n) is 12.0. The van der Waals surface area contributed by atoms with Crippen LogP contribution in [0.5, 0.6) is 5.75 Å². The van der Waals surface area contributed by atoms with Gasteiger partial charge in [-0.05, 0) is 30.5 Å². The third kappa shape index (κ3) is 3.24. The highest BCUT2D eigenvalue weighted by atomic mass is 32.1. The van der Waals surface area contributed by atoms with Gasteiger partial charge in [-0.15, -0.1) is 11.3 Å². The lowest BCUT2D eigenvalue weighted by Gasteiger charge is -2.12. The first-order chi connectivity index (χ1) is 10.3. The normalized spacial score (nSPS) is 14.4. The van der Waals surface area contributed by atoms with Crippen LogP contribution in [0.2, 0.25) is 0 Å². The zero-order valence-corrected chi connectivity index (χ0v) is 12.9. The fraction of sp³-hybridized carbons (Fsp3) is 0.375. The van der Waals surface area contributed by atoms with Crippen molar-refractivity contribution in [2.24, 2.45) is 0 Å². The molecule has 1 fully saturated rings. The Morgan fingerprint density at radius 1 is 1.29 bits per heavy atom. The molecule has 0 aliphatic carbocycles. The minimum Gasteiger partial charge on any atom is -0.497 e. The first-order valence-corrected chi connectivity index (χ1v) is 8.01. The zero-order chi connectivity index (χ0) is 14.7. The molecule has 1 aromatic carbocycles. The molecule has 1 amide bonds. The third-order valence-electron chi connectivity index (χ3n) is 3.68. The molecule has 1 aliphatic rings. The highest BCUT2D eigenvalue weighted by Crippen LogP contribution is 2.19. The molecule has 0 atom stereocenters. The van der Waals surface area contributed by atoms with E-state index in [-0.39, 0.29) is 5.91 Å². The monoisotopic (exact) mass is 302 g/mol. The van der Waals surface area contributed by atoms with Crippen LogP contribution in [0.4, 0.5) is 0 Å². The Kier molecular flexibility index (Phi) is 4.20. The van der Waals surface area contributed by atoms with Crippen molar-refractivity contribution in [2.75, 3.05) is 20.2 Å². The molecule has 0 N–H and O–H groups in total. The van der Waals surface area contributed by atoms with Gasteiger partial charge in [-0.1, -0.05) is 12.1 Å². The smallest absolute Gasteiger partial charge is 0.273 e. The van der Waals surface area contributed by atoms with E-state index in [9.17, 15) is 4.79 Å².